The van der Waals surface area contributed by atoms with E-state index in [-0.39, 0.29) is 11.4 Å². The molecular weight excluding hydrogens is 248 g/mol. The number of esters is 1. The summed E-state index contributed by atoms with van der Waals surface area (Å²) in [5, 5.41) is 0. The Morgan fingerprint density at radius 1 is 1.10 bits per heavy atom. The van der Waals surface area contributed by atoms with Crippen molar-refractivity contribution >= 4 is 5.97 Å². The summed E-state index contributed by atoms with van der Waals surface area (Å²) in [5.41, 5.74) is 2.94. The van der Waals surface area contributed by atoms with E-state index in [4.69, 9.17) is 4.74 Å². The van der Waals surface area contributed by atoms with Crippen molar-refractivity contribution in [3.8, 4) is 0 Å². The second kappa shape index (κ2) is 8.08. The maximum absolute atomic E-state index is 11.2. The number of carbonyl (C=O) groups is 1. The zero-order valence-corrected chi connectivity index (χ0v) is 13.4. The monoisotopic (exact) mass is 276 g/mol. The van der Waals surface area contributed by atoms with Gasteiger partial charge in [-0.25, -0.2) is 0 Å². The van der Waals surface area contributed by atoms with Crippen molar-refractivity contribution in [2.45, 2.75) is 65.2 Å². The molecule has 0 saturated heterocycles. The molecule has 112 valence electrons. The third-order valence-corrected chi connectivity index (χ3v) is 3.40. The Kier molecular flexibility index (Phi) is 6.77. The lowest BCUT2D eigenvalue weighted by atomic mass is 9.86. The minimum Gasteiger partial charge on any atom is -0.466 e. The number of hydrogen-bond donors (Lipinski definition) is 0. The van der Waals surface area contributed by atoms with Crippen LogP contribution in [-0.4, -0.2) is 12.6 Å². The number of benzene rings is 1. The smallest absolute Gasteiger partial charge is 0.305 e. The molecule has 0 aromatic heterocycles. The van der Waals surface area contributed by atoms with E-state index in [2.05, 4.69) is 45.0 Å². The minimum atomic E-state index is -0.0676. The molecule has 2 nitrogen and oxygen atoms in total. The summed E-state index contributed by atoms with van der Waals surface area (Å²) in [6, 6.07) is 8.86. The largest absolute Gasteiger partial charge is 0.466 e. The molecule has 0 heterocycles. The first-order chi connectivity index (χ1) is 9.43. The van der Waals surface area contributed by atoms with Crippen LogP contribution in [0.15, 0.2) is 24.3 Å². The van der Waals surface area contributed by atoms with E-state index in [1.807, 2.05) is 6.92 Å². The van der Waals surface area contributed by atoms with Gasteiger partial charge in [-0.15, -0.1) is 0 Å². The van der Waals surface area contributed by atoms with Gasteiger partial charge in [0.15, 0.2) is 0 Å². The Labute approximate surface area is 123 Å². The summed E-state index contributed by atoms with van der Waals surface area (Å²) in [5.74, 6) is -0.0676. The maximum Gasteiger partial charge on any atom is 0.305 e. The Morgan fingerprint density at radius 2 is 1.75 bits per heavy atom. The summed E-state index contributed by atoms with van der Waals surface area (Å²) in [6.07, 6.45) is 4.45. The van der Waals surface area contributed by atoms with E-state index in [1.165, 1.54) is 11.1 Å². The molecule has 1 aromatic rings. The predicted octanol–water partition coefficient (Wildman–Crippen LogP) is 4.65. The number of carbonyl (C=O) groups excluding carboxylic acids is 1. The standard InChI is InChI=1S/C18H28O2/c1-5-8-17(19)20-14-7-6-9-15-10-12-16(13-11-15)18(2,3)4/h10-13H,5-9,14H2,1-4H3. The van der Waals surface area contributed by atoms with Crippen LogP contribution in [0.25, 0.3) is 0 Å². The SMILES string of the molecule is CCCC(=O)OCCCCc1ccc(C(C)(C)C)cc1. The van der Waals surface area contributed by atoms with Crippen molar-refractivity contribution in [2.75, 3.05) is 6.61 Å². The molecule has 0 saturated carbocycles. The van der Waals surface area contributed by atoms with Crippen LogP contribution in [0.2, 0.25) is 0 Å². The highest BCUT2D eigenvalue weighted by molar-refractivity contribution is 5.69. The zero-order chi connectivity index (χ0) is 15.0. The number of unbranched alkanes of at least 4 members (excludes halogenated alkanes) is 1. The molecule has 0 atom stereocenters. The summed E-state index contributed by atoms with van der Waals surface area (Å²) in [6.45, 7) is 9.23. The lowest BCUT2D eigenvalue weighted by molar-refractivity contribution is -0.143. The van der Waals surface area contributed by atoms with Crippen LogP contribution >= 0.6 is 0 Å². The van der Waals surface area contributed by atoms with Gasteiger partial charge in [-0.3, -0.25) is 4.79 Å². The van der Waals surface area contributed by atoms with Crippen LogP contribution < -0.4 is 0 Å². The lowest BCUT2D eigenvalue weighted by Crippen LogP contribution is -2.10. The fourth-order valence-corrected chi connectivity index (χ4v) is 2.06. The maximum atomic E-state index is 11.2. The fraction of sp³-hybridized carbons (Fsp3) is 0.611. The zero-order valence-electron chi connectivity index (χ0n) is 13.4. The molecule has 1 aromatic carbocycles. The average Bonchev–Trinajstić information content (AvgIpc) is 2.38. The Morgan fingerprint density at radius 3 is 2.30 bits per heavy atom. The molecule has 0 radical (unpaired) electrons. The van der Waals surface area contributed by atoms with Crippen molar-refractivity contribution in [3.63, 3.8) is 0 Å². The molecule has 0 bridgehead atoms. The van der Waals surface area contributed by atoms with Crippen molar-refractivity contribution in [3.05, 3.63) is 35.4 Å². The lowest BCUT2D eigenvalue weighted by Gasteiger charge is -2.19. The van der Waals surface area contributed by atoms with E-state index in [1.54, 1.807) is 0 Å². The first-order valence-corrected chi connectivity index (χ1v) is 7.68. The summed E-state index contributed by atoms with van der Waals surface area (Å²) < 4.78 is 5.15. The minimum absolute atomic E-state index is 0.0676. The molecule has 0 aliphatic carbocycles. The Hall–Kier alpha value is -1.31. The van der Waals surface area contributed by atoms with Crippen LogP contribution in [0.3, 0.4) is 0 Å². The second-order valence-corrected chi connectivity index (χ2v) is 6.37. The highest BCUT2D eigenvalue weighted by Gasteiger charge is 2.12. The molecule has 2 heteroatoms. The summed E-state index contributed by atoms with van der Waals surface area (Å²) in [4.78, 5) is 11.2. The molecule has 0 N–H and O–H groups in total. The average molecular weight is 276 g/mol. The summed E-state index contributed by atoms with van der Waals surface area (Å²) >= 11 is 0. The van der Waals surface area contributed by atoms with Gasteiger partial charge in [0, 0.05) is 6.42 Å². The Balaban J connectivity index is 2.24. The first kappa shape index (κ1) is 16.7. The van der Waals surface area contributed by atoms with Crippen molar-refractivity contribution in [2.24, 2.45) is 0 Å². The predicted molar refractivity (Wildman–Crippen MR) is 83.9 cm³/mol. The number of aryl methyl sites for hydroxylation is 1. The van der Waals surface area contributed by atoms with Gasteiger partial charge in [0.1, 0.15) is 0 Å². The molecule has 0 fully saturated rings. The van der Waals surface area contributed by atoms with Gasteiger partial charge in [0.2, 0.25) is 0 Å². The normalized spacial score (nSPS) is 11.4. The quantitative estimate of drug-likeness (QED) is 0.535. The number of ether oxygens (including phenoxy) is 1. The second-order valence-electron chi connectivity index (χ2n) is 6.37. The van der Waals surface area contributed by atoms with E-state index < -0.39 is 0 Å². The fourth-order valence-electron chi connectivity index (χ4n) is 2.06. The van der Waals surface area contributed by atoms with Crippen molar-refractivity contribution in [1.29, 1.82) is 0 Å². The summed E-state index contributed by atoms with van der Waals surface area (Å²) in [7, 11) is 0. The molecule has 0 spiro atoms. The third-order valence-electron chi connectivity index (χ3n) is 3.40. The van der Waals surface area contributed by atoms with Crippen LogP contribution in [0.5, 0.6) is 0 Å². The number of rotatable bonds is 7. The van der Waals surface area contributed by atoms with E-state index >= 15 is 0 Å². The highest BCUT2D eigenvalue weighted by atomic mass is 16.5. The van der Waals surface area contributed by atoms with E-state index in [9.17, 15) is 4.79 Å². The van der Waals surface area contributed by atoms with E-state index in [0.717, 1.165) is 25.7 Å². The van der Waals surface area contributed by atoms with E-state index in [0.29, 0.717) is 13.0 Å². The Bertz CT molecular complexity index is 398. The van der Waals surface area contributed by atoms with Crippen molar-refractivity contribution in [1.82, 2.24) is 0 Å². The number of hydrogen-bond acceptors (Lipinski definition) is 2. The van der Waals surface area contributed by atoms with Crippen molar-refractivity contribution < 1.29 is 9.53 Å². The van der Waals surface area contributed by atoms with Gasteiger partial charge in [0.05, 0.1) is 6.61 Å². The molecule has 0 aliphatic rings. The van der Waals surface area contributed by atoms with Gasteiger partial charge in [-0.05, 0) is 42.2 Å². The van der Waals surface area contributed by atoms with Crippen LogP contribution in [0, 0.1) is 0 Å². The molecule has 1 rings (SSSR count). The van der Waals surface area contributed by atoms with Crippen LogP contribution in [0.1, 0.15) is 64.5 Å². The van der Waals surface area contributed by atoms with Crippen LogP contribution in [0.4, 0.5) is 0 Å². The highest BCUT2D eigenvalue weighted by Crippen LogP contribution is 2.22. The molecule has 0 amide bonds. The van der Waals surface area contributed by atoms with Gasteiger partial charge >= 0.3 is 5.97 Å². The first-order valence-electron chi connectivity index (χ1n) is 7.68. The molecular formula is C18H28O2. The van der Waals surface area contributed by atoms with Gasteiger partial charge in [-0.2, -0.15) is 0 Å². The van der Waals surface area contributed by atoms with Gasteiger partial charge < -0.3 is 4.74 Å². The van der Waals surface area contributed by atoms with Gasteiger partial charge in [0.25, 0.3) is 0 Å². The molecule has 0 aliphatic heterocycles. The third kappa shape index (κ3) is 6.23. The van der Waals surface area contributed by atoms with Gasteiger partial charge in [-0.1, -0.05) is 52.0 Å². The van der Waals surface area contributed by atoms with Crippen LogP contribution in [-0.2, 0) is 21.4 Å². The molecule has 0 unspecified atom stereocenters. The topological polar surface area (TPSA) is 26.3 Å². The molecule has 20 heavy (non-hydrogen) atoms.